The molecule has 102 valence electrons. The number of para-hydroxylation sites is 1. The number of piperazine rings is 1. The molecule has 0 amide bonds. The summed E-state index contributed by atoms with van der Waals surface area (Å²) in [6.45, 7) is 6.59. The van der Waals surface area contributed by atoms with Gasteiger partial charge in [0.15, 0.2) is 5.58 Å². The van der Waals surface area contributed by atoms with Crippen LogP contribution in [-0.2, 0) is 0 Å². The zero-order valence-corrected chi connectivity index (χ0v) is 11.4. The Bertz CT molecular complexity index is 529. The van der Waals surface area contributed by atoms with E-state index >= 15 is 0 Å². The zero-order chi connectivity index (χ0) is 13.1. The third kappa shape index (κ3) is 2.60. The molecule has 0 radical (unpaired) electrons. The molecule has 2 aromatic rings. The molecule has 4 heteroatoms. The highest BCUT2D eigenvalue weighted by Crippen LogP contribution is 2.28. The molecule has 1 aromatic carbocycles. The number of likely N-dealkylation sites (N-methyl/N-ethyl adjacent to an activating group) is 1. The predicted molar refractivity (Wildman–Crippen MR) is 78.8 cm³/mol. The molecule has 1 aliphatic rings. The van der Waals surface area contributed by atoms with Crippen molar-refractivity contribution in [3.63, 3.8) is 0 Å². The van der Waals surface area contributed by atoms with Gasteiger partial charge < -0.3 is 14.6 Å². The Balaban J connectivity index is 1.69. The van der Waals surface area contributed by atoms with Crippen molar-refractivity contribution in [2.75, 3.05) is 51.2 Å². The first kappa shape index (κ1) is 12.5. The van der Waals surface area contributed by atoms with Crippen LogP contribution in [0.5, 0.6) is 0 Å². The van der Waals surface area contributed by atoms with Gasteiger partial charge in [0, 0.05) is 44.7 Å². The van der Waals surface area contributed by atoms with E-state index in [4.69, 9.17) is 4.42 Å². The summed E-state index contributed by atoms with van der Waals surface area (Å²) in [6.07, 6.45) is 1.78. The highest BCUT2D eigenvalue weighted by atomic mass is 16.3. The summed E-state index contributed by atoms with van der Waals surface area (Å²) >= 11 is 0. The molecule has 1 aromatic heterocycles. The highest BCUT2D eigenvalue weighted by Gasteiger charge is 2.19. The van der Waals surface area contributed by atoms with Crippen LogP contribution < -0.4 is 10.2 Å². The second-order valence-electron chi connectivity index (χ2n) is 5.05. The van der Waals surface area contributed by atoms with Gasteiger partial charge in [-0.2, -0.15) is 0 Å². The molecular formula is C15H21N3O. The van der Waals surface area contributed by atoms with Crippen molar-refractivity contribution in [1.29, 1.82) is 0 Å². The van der Waals surface area contributed by atoms with Crippen LogP contribution in [0, 0.1) is 0 Å². The third-order valence-electron chi connectivity index (χ3n) is 3.85. The van der Waals surface area contributed by atoms with Crippen LogP contribution in [0.1, 0.15) is 0 Å². The number of fused-ring (bicyclic) bond motifs is 1. The molecule has 0 unspecified atom stereocenters. The molecule has 1 saturated heterocycles. The lowest BCUT2D eigenvalue weighted by Gasteiger charge is -2.36. The molecule has 4 nitrogen and oxygen atoms in total. The normalized spacial score (nSPS) is 17.2. The molecule has 0 bridgehead atoms. The minimum Gasteiger partial charge on any atom is -0.462 e. The predicted octanol–water partition coefficient (Wildman–Crippen LogP) is 1.77. The van der Waals surface area contributed by atoms with Gasteiger partial charge in [0.2, 0.25) is 0 Å². The second-order valence-corrected chi connectivity index (χ2v) is 5.05. The van der Waals surface area contributed by atoms with Gasteiger partial charge in [-0.3, -0.25) is 4.90 Å². The van der Waals surface area contributed by atoms with Gasteiger partial charge in [-0.05, 0) is 19.2 Å². The van der Waals surface area contributed by atoms with Crippen molar-refractivity contribution in [3.8, 4) is 0 Å². The smallest absolute Gasteiger partial charge is 0.157 e. The summed E-state index contributed by atoms with van der Waals surface area (Å²) in [5, 5.41) is 4.40. The fourth-order valence-electron chi connectivity index (χ4n) is 2.71. The molecule has 0 saturated carbocycles. The van der Waals surface area contributed by atoms with Crippen LogP contribution in [0.25, 0.3) is 11.0 Å². The maximum Gasteiger partial charge on any atom is 0.157 e. The Labute approximate surface area is 114 Å². The maximum absolute atomic E-state index is 5.63. The fourth-order valence-corrected chi connectivity index (χ4v) is 2.71. The van der Waals surface area contributed by atoms with Gasteiger partial charge >= 0.3 is 0 Å². The third-order valence-corrected chi connectivity index (χ3v) is 3.85. The SMILES string of the molecule is CNCCN1CCN(c2cccc3ccoc23)CC1. The van der Waals surface area contributed by atoms with E-state index in [2.05, 4.69) is 33.3 Å². The summed E-state index contributed by atoms with van der Waals surface area (Å²) in [7, 11) is 2.01. The molecule has 0 atom stereocenters. The molecule has 1 aliphatic heterocycles. The van der Waals surface area contributed by atoms with E-state index in [1.807, 2.05) is 13.1 Å². The standard InChI is InChI=1S/C15H21N3O/c1-16-6-7-17-8-10-18(11-9-17)14-4-2-3-13-5-12-19-15(13)14/h2-5,12,16H,6-11H2,1H3. The lowest BCUT2D eigenvalue weighted by molar-refractivity contribution is 0.260. The number of nitrogens with one attached hydrogen (secondary N) is 1. The minimum atomic E-state index is 1.02. The molecule has 19 heavy (non-hydrogen) atoms. The van der Waals surface area contributed by atoms with E-state index in [1.54, 1.807) is 6.26 Å². The van der Waals surface area contributed by atoms with Gasteiger partial charge in [-0.1, -0.05) is 12.1 Å². The van der Waals surface area contributed by atoms with E-state index in [9.17, 15) is 0 Å². The van der Waals surface area contributed by atoms with Gasteiger partial charge in [0.1, 0.15) is 0 Å². The Kier molecular flexibility index (Phi) is 3.71. The zero-order valence-electron chi connectivity index (χ0n) is 11.4. The maximum atomic E-state index is 5.63. The summed E-state index contributed by atoms with van der Waals surface area (Å²) in [6, 6.07) is 8.41. The first-order valence-corrected chi connectivity index (χ1v) is 6.96. The van der Waals surface area contributed by atoms with Crippen LogP contribution in [0.15, 0.2) is 34.9 Å². The van der Waals surface area contributed by atoms with Crippen LogP contribution in [0.4, 0.5) is 5.69 Å². The van der Waals surface area contributed by atoms with Gasteiger partial charge in [0.05, 0.1) is 12.0 Å². The summed E-state index contributed by atoms with van der Waals surface area (Å²) in [5.41, 5.74) is 2.25. The molecule has 2 heterocycles. The number of rotatable bonds is 4. The van der Waals surface area contributed by atoms with Crippen molar-refractivity contribution in [3.05, 3.63) is 30.5 Å². The van der Waals surface area contributed by atoms with E-state index in [0.29, 0.717) is 0 Å². The Morgan fingerprint density at radius 3 is 2.79 bits per heavy atom. The van der Waals surface area contributed by atoms with Crippen LogP contribution in [-0.4, -0.2) is 51.2 Å². The molecule has 3 rings (SSSR count). The number of benzene rings is 1. The topological polar surface area (TPSA) is 31.6 Å². The van der Waals surface area contributed by atoms with E-state index < -0.39 is 0 Å². The quantitative estimate of drug-likeness (QED) is 0.907. The fraction of sp³-hybridized carbons (Fsp3) is 0.467. The molecule has 0 aliphatic carbocycles. The number of anilines is 1. The summed E-state index contributed by atoms with van der Waals surface area (Å²) in [5.74, 6) is 0. The average Bonchev–Trinajstić information content (AvgIpc) is 2.94. The van der Waals surface area contributed by atoms with E-state index in [-0.39, 0.29) is 0 Å². The number of hydrogen-bond acceptors (Lipinski definition) is 4. The monoisotopic (exact) mass is 259 g/mol. The van der Waals surface area contributed by atoms with E-state index in [1.165, 1.54) is 11.1 Å². The van der Waals surface area contributed by atoms with Crippen LogP contribution in [0.3, 0.4) is 0 Å². The Hall–Kier alpha value is -1.52. The first-order valence-electron chi connectivity index (χ1n) is 6.96. The number of furan rings is 1. The van der Waals surface area contributed by atoms with Gasteiger partial charge in [0.25, 0.3) is 0 Å². The molecule has 1 N–H and O–H groups in total. The van der Waals surface area contributed by atoms with Crippen molar-refractivity contribution in [1.82, 2.24) is 10.2 Å². The van der Waals surface area contributed by atoms with Crippen molar-refractivity contribution in [2.45, 2.75) is 0 Å². The second kappa shape index (κ2) is 5.63. The molecule has 0 spiro atoms. The molecule has 1 fully saturated rings. The Morgan fingerprint density at radius 2 is 2.00 bits per heavy atom. The summed E-state index contributed by atoms with van der Waals surface area (Å²) < 4.78 is 5.63. The lowest BCUT2D eigenvalue weighted by atomic mass is 10.2. The number of hydrogen-bond donors (Lipinski definition) is 1. The largest absolute Gasteiger partial charge is 0.462 e. The Morgan fingerprint density at radius 1 is 1.16 bits per heavy atom. The van der Waals surface area contributed by atoms with E-state index in [0.717, 1.165) is 44.9 Å². The van der Waals surface area contributed by atoms with Crippen molar-refractivity contribution < 1.29 is 4.42 Å². The minimum absolute atomic E-state index is 1.02. The van der Waals surface area contributed by atoms with Crippen LogP contribution >= 0.6 is 0 Å². The number of nitrogens with zero attached hydrogens (tertiary/aromatic N) is 2. The van der Waals surface area contributed by atoms with Crippen molar-refractivity contribution >= 4 is 16.7 Å². The summed E-state index contributed by atoms with van der Waals surface area (Å²) in [4.78, 5) is 4.94. The highest BCUT2D eigenvalue weighted by molar-refractivity contribution is 5.89. The average molecular weight is 259 g/mol. The molecular weight excluding hydrogens is 238 g/mol. The van der Waals surface area contributed by atoms with Gasteiger partial charge in [-0.25, -0.2) is 0 Å². The van der Waals surface area contributed by atoms with Crippen LogP contribution in [0.2, 0.25) is 0 Å². The first-order chi connectivity index (χ1) is 9.38. The van der Waals surface area contributed by atoms with Gasteiger partial charge in [-0.15, -0.1) is 0 Å². The van der Waals surface area contributed by atoms with Crippen molar-refractivity contribution in [2.24, 2.45) is 0 Å². The lowest BCUT2D eigenvalue weighted by Crippen LogP contribution is -2.48.